The van der Waals surface area contributed by atoms with Crippen LogP contribution in [0.25, 0.3) is 0 Å². The van der Waals surface area contributed by atoms with Gasteiger partial charge >= 0.3 is 0 Å². The summed E-state index contributed by atoms with van der Waals surface area (Å²) in [4.78, 5) is 25.8. The van der Waals surface area contributed by atoms with Gasteiger partial charge in [-0.1, -0.05) is 19.9 Å². The van der Waals surface area contributed by atoms with Crippen LogP contribution in [0.15, 0.2) is 29.2 Å². The van der Waals surface area contributed by atoms with Crippen molar-refractivity contribution >= 4 is 35.1 Å². The summed E-state index contributed by atoms with van der Waals surface area (Å²) in [5.74, 6) is 1.52. The molecule has 5 aliphatic rings. The monoisotopic (exact) mass is 493 g/mol. The number of carbonyl (C=O) groups excluding carboxylic acids is 1. The van der Waals surface area contributed by atoms with Crippen molar-refractivity contribution in [2.45, 2.75) is 80.9 Å². The molecule has 1 amide bonds. The van der Waals surface area contributed by atoms with E-state index in [0.717, 1.165) is 29.8 Å². The molecule has 4 aliphatic heterocycles. The third-order valence-electron chi connectivity index (χ3n) is 8.06. The number of nitrogens with one attached hydrogen (secondary N) is 1. The Balaban J connectivity index is 1.23. The van der Waals surface area contributed by atoms with E-state index in [1.165, 1.54) is 6.42 Å². The Morgan fingerprint density at radius 3 is 2.85 bits per heavy atom. The summed E-state index contributed by atoms with van der Waals surface area (Å²) in [6, 6.07) is 7.94. The first-order valence-electron chi connectivity index (χ1n) is 12.1. The normalized spacial score (nSPS) is 41.8. The first kappa shape index (κ1) is 23.9. The molecule has 8 atom stereocenters. The molecule has 1 saturated carbocycles. The van der Waals surface area contributed by atoms with Gasteiger partial charge in [0.05, 0.1) is 0 Å². The van der Waals surface area contributed by atoms with E-state index in [-0.39, 0.29) is 17.3 Å². The van der Waals surface area contributed by atoms with Crippen LogP contribution in [0.4, 0.5) is 5.69 Å². The number of ether oxygens (including phenoxy) is 2. The van der Waals surface area contributed by atoms with Crippen molar-refractivity contribution in [1.82, 2.24) is 0 Å². The molecule has 6 rings (SSSR count). The second kappa shape index (κ2) is 9.36. The summed E-state index contributed by atoms with van der Waals surface area (Å²) >= 11 is 3.39. The van der Waals surface area contributed by atoms with E-state index in [4.69, 9.17) is 19.2 Å². The van der Waals surface area contributed by atoms with E-state index in [9.17, 15) is 4.79 Å². The van der Waals surface area contributed by atoms with Crippen LogP contribution in [0, 0.1) is 23.7 Å². The van der Waals surface area contributed by atoms with Gasteiger partial charge in [-0.15, -0.1) is 23.5 Å². The first-order chi connectivity index (χ1) is 15.8. The molecule has 4 heterocycles. The van der Waals surface area contributed by atoms with E-state index >= 15 is 0 Å². The van der Waals surface area contributed by atoms with Gasteiger partial charge in [-0.05, 0) is 68.4 Å². The van der Waals surface area contributed by atoms with Crippen molar-refractivity contribution in [2.75, 3.05) is 17.3 Å². The first-order valence-corrected chi connectivity index (χ1v) is 14.4. The van der Waals surface area contributed by atoms with Gasteiger partial charge in [-0.25, -0.2) is 9.78 Å². The average Bonchev–Trinajstić information content (AvgIpc) is 3.03. The van der Waals surface area contributed by atoms with Crippen molar-refractivity contribution in [3.05, 3.63) is 24.3 Å². The summed E-state index contributed by atoms with van der Waals surface area (Å²) in [5.41, 5.74) is 0.291. The highest BCUT2D eigenvalue weighted by atomic mass is 32.2. The van der Waals surface area contributed by atoms with Gasteiger partial charge in [0.25, 0.3) is 0 Å². The molecule has 1 aliphatic carbocycles. The predicted octanol–water partition coefficient (Wildman–Crippen LogP) is 5.68. The smallest absolute Gasteiger partial charge is 0.225 e. The molecule has 8 heteroatoms. The molecular weight excluding hydrogens is 458 g/mol. The second-order valence-electron chi connectivity index (χ2n) is 10.2. The molecule has 5 fully saturated rings. The summed E-state index contributed by atoms with van der Waals surface area (Å²) in [7, 11) is 0. The number of amides is 1. The number of benzene rings is 1. The number of hydrogen-bond acceptors (Lipinski definition) is 7. The number of anilines is 1. The van der Waals surface area contributed by atoms with Crippen LogP contribution < -0.4 is 5.32 Å². The van der Waals surface area contributed by atoms with Crippen LogP contribution in [0.5, 0.6) is 0 Å². The van der Waals surface area contributed by atoms with Gasteiger partial charge < -0.3 is 14.8 Å². The minimum absolute atomic E-state index is 0.0288. The van der Waals surface area contributed by atoms with Crippen LogP contribution in [0.3, 0.4) is 0 Å². The molecule has 0 aromatic heterocycles. The summed E-state index contributed by atoms with van der Waals surface area (Å²) in [6.45, 7) is 6.54. The van der Waals surface area contributed by atoms with E-state index < -0.39 is 17.7 Å². The zero-order valence-corrected chi connectivity index (χ0v) is 21.5. The SMILES string of the molecule is CSc1cccc(NC(=O)CCS[C@@H]2O[C@@H]3O[C@]4(C)CC[C@H]5[C@H](C)CC[C@@H]([C@H]2C)[C@@]35OO4)c1. The highest BCUT2D eigenvalue weighted by Crippen LogP contribution is 2.61. The third-order valence-corrected chi connectivity index (χ3v) is 10.1. The summed E-state index contributed by atoms with van der Waals surface area (Å²) in [6.07, 6.45) is 6.20. The van der Waals surface area contributed by atoms with Crippen LogP contribution in [0.1, 0.15) is 52.9 Å². The van der Waals surface area contributed by atoms with Crippen molar-refractivity contribution in [3.63, 3.8) is 0 Å². The largest absolute Gasteiger partial charge is 0.335 e. The van der Waals surface area contributed by atoms with Gasteiger partial charge in [0.2, 0.25) is 11.7 Å². The van der Waals surface area contributed by atoms with Crippen molar-refractivity contribution in [2.24, 2.45) is 23.7 Å². The molecule has 6 nitrogen and oxygen atoms in total. The fourth-order valence-electron chi connectivity index (χ4n) is 6.25. The maximum atomic E-state index is 12.5. The Kier molecular flexibility index (Phi) is 6.79. The minimum Gasteiger partial charge on any atom is -0.335 e. The zero-order valence-electron chi connectivity index (χ0n) is 19.9. The molecule has 1 aromatic rings. The molecular formula is C25H35NO5S2. The maximum Gasteiger partial charge on any atom is 0.225 e. The Morgan fingerprint density at radius 2 is 2.03 bits per heavy atom. The average molecular weight is 494 g/mol. The fourth-order valence-corrected chi connectivity index (χ4v) is 7.92. The van der Waals surface area contributed by atoms with Crippen LogP contribution in [-0.4, -0.2) is 41.0 Å². The number of hydrogen-bond donors (Lipinski definition) is 1. The third kappa shape index (κ3) is 4.36. The lowest BCUT2D eigenvalue weighted by atomic mass is 9.58. The molecule has 182 valence electrons. The van der Waals surface area contributed by atoms with Gasteiger partial charge in [-0.2, -0.15) is 0 Å². The molecule has 2 bridgehead atoms. The Bertz CT molecular complexity index is 886. The van der Waals surface area contributed by atoms with Crippen molar-refractivity contribution in [3.8, 4) is 0 Å². The number of thioether (sulfide) groups is 2. The van der Waals surface area contributed by atoms with Crippen molar-refractivity contribution in [1.29, 1.82) is 0 Å². The van der Waals surface area contributed by atoms with Crippen LogP contribution >= 0.6 is 23.5 Å². The molecule has 0 radical (unpaired) electrons. The predicted molar refractivity (Wildman–Crippen MR) is 131 cm³/mol. The molecule has 1 aromatic carbocycles. The van der Waals surface area contributed by atoms with E-state index in [1.807, 2.05) is 37.4 Å². The standard InChI is InChI=1S/C25H35NO5S2/c1-15-8-9-20-16(2)22(28-23-25(20)19(15)10-12-24(3,29-23)30-31-25)33-13-11-21(27)26-17-6-5-7-18(14-17)32-4/h5-7,14-16,19-20,22-23H,8-13H2,1-4H3,(H,26,27)/t15-,16-,19+,20+,22+,23-,24+,25-/m1/s1. The lowest BCUT2D eigenvalue weighted by molar-refractivity contribution is -0.568. The summed E-state index contributed by atoms with van der Waals surface area (Å²) in [5, 5.41) is 3.02. The molecule has 4 saturated heterocycles. The Labute approximate surface area is 205 Å². The maximum absolute atomic E-state index is 12.5. The van der Waals surface area contributed by atoms with E-state index in [2.05, 4.69) is 19.2 Å². The number of fused-ring (bicyclic) bond motifs is 2. The van der Waals surface area contributed by atoms with Crippen LogP contribution in [-0.2, 0) is 24.0 Å². The molecule has 33 heavy (non-hydrogen) atoms. The highest BCUT2D eigenvalue weighted by Gasteiger charge is 2.69. The van der Waals surface area contributed by atoms with Gasteiger partial charge in [0.1, 0.15) is 5.44 Å². The lowest BCUT2D eigenvalue weighted by Crippen LogP contribution is -2.70. The highest BCUT2D eigenvalue weighted by molar-refractivity contribution is 7.99. The number of rotatable bonds is 6. The van der Waals surface area contributed by atoms with Crippen LogP contribution in [0.2, 0.25) is 0 Å². The zero-order chi connectivity index (χ0) is 23.2. The number of carbonyl (C=O) groups is 1. The van der Waals surface area contributed by atoms with Gasteiger partial charge in [0.15, 0.2) is 11.9 Å². The topological polar surface area (TPSA) is 66.0 Å². The van der Waals surface area contributed by atoms with Gasteiger partial charge in [0, 0.05) is 35.1 Å². The molecule has 1 N–H and O–H groups in total. The Hall–Kier alpha value is -0.770. The van der Waals surface area contributed by atoms with E-state index in [0.29, 0.717) is 29.9 Å². The molecule has 0 unspecified atom stereocenters. The minimum atomic E-state index is -0.751. The van der Waals surface area contributed by atoms with Gasteiger partial charge in [-0.3, -0.25) is 4.79 Å². The summed E-state index contributed by atoms with van der Waals surface area (Å²) < 4.78 is 13.0. The van der Waals surface area contributed by atoms with Crippen molar-refractivity contribution < 1.29 is 24.0 Å². The lowest BCUT2D eigenvalue weighted by Gasteiger charge is -2.60. The quantitative estimate of drug-likeness (QED) is 0.404. The second-order valence-corrected chi connectivity index (χ2v) is 12.3. The molecule has 1 spiro atoms. The Morgan fingerprint density at radius 1 is 1.18 bits per heavy atom. The fraction of sp³-hybridized carbons (Fsp3) is 0.720. The van der Waals surface area contributed by atoms with E-state index in [1.54, 1.807) is 23.5 Å².